The van der Waals surface area contributed by atoms with Gasteiger partial charge in [-0.15, -0.1) is 10.2 Å². The highest BCUT2D eigenvalue weighted by molar-refractivity contribution is 5.96. The molecule has 0 bridgehead atoms. The number of H-pyrrole nitrogens is 2. The first-order valence-corrected chi connectivity index (χ1v) is 7.10. The third-order valence-electron chi connectivity index (χ3n) is 3.59. The third-order valence-corrected chi connectivity index (χ3v) is 3.59. The van der Waals surface area contributed by atoms with E-state index in [1.807, 2.05) is 42.6 Å². The van der Waals surface area contributed by atoms with E-state index in [0.717, 1.165) is 22.2 Å². The van der Waals surface area contributed by atoms with Gasteiger partial charge < -0.3 is 4.98 Å². The summed E-state index contributed by atoms with van der Waals surface area (Å²) >= 11 is 0. The zero-order chi connectivity index (χ0) is 15.6. The van der Waals surface area contributed by atoms with E-state index >= 15 is 0 Å². The molecule has 2 N–H and O–H groups in total. The number of hydrogen-bond donors (Lipinski definition) is 2. The van der Waals surface area contributed by atoms with Crippen LogP contribution in [-0.2, 0) is 6.42 Å². The molecule has 3 heterocycles. The van der Waals surface area contributed by atoms with E-state index in [0.29, 0.717) is 11.5 Å². The number of aromatic amines is 2. The van der Waals surface area contributed by atoms with Crippen molar-refractivity contribution in [2.75, 3.05) is 0 Å². The van der Waals surface area contributed by atoms with Gasteiger partial charge in [-0.2, -0.15) is 5.21 Å². The fourth-order valence-corrected chi connectivity index (χ4v) is 2.45. The van der Waals surface area contributed by atoms with Crippen molar-refractivity contribution in [2.45, 2.75) is 6.42 Å². The summed E-state index contributed by atoms with van der Waals surface area (Å²) in [6.45, 7) is 0. The van der Waals surface area contributed by atoms with Crippen molar-refractivity contribution in [1.82, 2.24) is 30.6 Å². The van der Waals surface area contributed by atoms with E-state index in [9.17, 15) is 4.79 Å². The maximum atomic E-state index is 12.3. The molecule has 0 atom stereocenters. The average molecular weight is 304 g/mol. The van der Waals surface area contributed by atoms with Crippen molar-refractivity contribution in [3.8, 4) is 11.3 Å². The molecule has 4 aromatic rings. The molecule has 0 radical (unpaired) electrons. The van der Waals surface area contributed by atoms with Gasteiger partial charge in [0.25, 0.3) is 0 Å². The zero-order valence-electron chi connectivity index (χ0n) is 12.0. The number of fused-ring (bicyclic) bond motifs is 1. The fourth-order valence-electron chi connectivity index (χ4n) is 2.45. The minimum atomic E-state index is -0.143. The predicted molar refractivity (Wildman–Crippen MR) is 83.7 cm³/mol. The topological polar surface area (TPSA) is 100 Å². The van der Waals surface area contributed by atoms with Crippen LogP contribution in [-0.4, -0.2) is 36.4 Å². The van der Waals surface area contributed by atoms with Gasteiger partial charge in [0.15, 0.2) is 11.6 Å². The standard InChI is InChI=1S/C16H12N6O/c23-15(9-16-19-21-22-20-16)14-3-1-2-13(18-14)10-4-5-12-11(8-10)6-7-17-12/h1-8,17H,9H2,(H,19,20,21,22). The number of carbonyl (C=O) groups is 1. The molecule has 0 unspecified atom stereocenters. The summed E-state index contributed by atoms with van der Waals surface area (Å²) in [4.78, 5) is 19.9. The number of carbonyl (C=O) groups excluding carboxylic acids is 1. The van der Waals surface area contributed by atoms with Crippen LogP contribution in [0.25, 0.3) is 22.2 Å². The molecule has 0 fully saturated rings. The van der Waals surface area contributed by atoms with E-state index < -0.39 is 0 Å². The van der Waals surface area contributed by atoms with E-state index in [1.54, 1.807) is 6.07 Å². The Bertz CT molecular complexity index is 973. The molecule has 4 rings (SSSR count). The average Bonchev–Trinajstić information content (AvgIpc) is 3.25. The van der Waals surface area contributed by atoms with Gasteiger partial charge in [0.1, 0.15) is 5.69 Å². The molecule has 3 aromatic heterocycles. The van der Waals surface area contributed by atoms with Gasteiger partial charge in [-0.25, -0.2) is 4.98 Å². The van der Waals surface area contributed by atoms with Crippen molar-refractivity contribution in [3.63, 3.8) is 0 Å². The summed E-state index contributed by atoms with van der Waals surface area (Å²) in [6, 6.07) is 13.4. The third kappa shape index (κ3) is 2.59. The van der Waals surface area contributed by atoms with Gasteiger partial charge in [-0.1, -0.05) is 17.3 Å². The quantitative estimate of drug-likeness (QED) is 0.563. The second kappa shape index (κ2) is 5.45. The van der Waals surface area contributed by atoms with Crippen LogP contribution in [0.3, 0.4) is 0 Å². The highest BCUT2D eigenvalue weighted by Crippen LogP contribution is 2.22. The SMILES string of the molecule is O=C(Cc1nn[nH]n1)c1cccc(-c2ccc3[nH]ccc3c2)n1. The number of tetrazole rings is 1. The molecule has 0 aliphatic rings. The Morgan fingerprint density at radius 2 is 2.09 bits per heavy atom. The van der Waals surface area contributed by atoms with E-state index in [-0.39, 0.29) is 12.2 Å². The summed E-state index contributed by atoms with van der Waals surface area (Å²) in [5.41, 5.74) is 3.18. The smallest absolute Gasteiger partial charge is 0.188 e. The lowest BCUT2D eigenvalue weighted by molar-refractivity contribution is 0.0986. The molecule has 1 aromatic carbocycles. The number of hydrogen-bond acceptors (Lipinski definition) is 5. The first kappa shape index (κ1) is 13.3. The molecule has 7 heteroatoms. The second-order valence-electron chi connectivity index (χ2n) is 5.12. The van der Waals surface area contributed by atoms with Crippen molar-refractivity contribution in [2.24, 2.45) is 0 Å². The van der Waals surface area contributed by atoms with Crippen molar-refractivity contribution < 1.29 is 4.79 Å². The van der Waals surface area contributed by atoms with E-state index in [4.69, 9.17) is 0 Å². The highest BCUT2D eigenvalue weighted by atomic mass is 16.1. The maximum absolute atomic E-state index is 12.3. The molecule has 7 nitrogen and oxygen atoms in total. The van der Waals surface area contributed by atoms with E-state index in [2.05, 4.69) is 30.6 Å². The van der Waals surface area contributed by atoms with Crippen LogP contribution in [0.15, 0.2) is 48.7 Å². The number of aromatic nitrogens is 6. The molecule has 0 saturated carbocycles. The number of ketones is 1. The van der Waals surface area contributed by atoms with Crippen molar-refractivity contribution in [1.29, 1.82) is 0 Å². The van der Waals surface area contributed by atoms with Crippen LogP contribution < -0.4 is 0 Å². The number of rotatable bonds is 4. The first-order valence-electron chi connectivity index (χ1n) is 7.10. The molecule has 0 saturated heterocycles. The van der Waals surface area contributed by atoms with Gasteiger partial charge in [0.2, 0.25) is 0 Å². The number of benzene rings is 1. The van der Waals surface area contributed by atoms with Crippen molar-refractivity contribution >= 4 is 16.7 Å². The minimum Gasteiger partial charge on any atom is -0.361 e. The fraction of sp³-hybridized carbons (Fsp3) is 0.0625. The Kier molecular flexibility index (Phi) is 3.16. The number of pyridine rings is 1. The van der Waals surface area contributed by atoms with Gasteiger partial charge in [0, 0.05) is 22.7 Å². The van der Waals surface area contributed by atoms with Crippen LogP contribution >= 0.6 is 0 Å². The summed E-state index contributed by atoms with van der Waals surface area (Å²) in [5, 5.41) is 14.5. The van der Waals surface area contributed by atoms with Gasteiger partial charge in [-0.05, 0) is 30.3 Å². The van der Waals surface area contributed by atoms with Crippen molar-refractivity contribution in [3.05, 3.63) is 60.2 Å². The lowest BCUT2D eigenvalue weighted by Gasteiger charge is -2.04. The van der Waals surface area contributed by atoms with Gasteiger partial charge in [-0.3, -0.25) is 4.79 Å². The van der Waals surface area contributed by atoms with Gasteiger partial charge in [0.05, 0.1) is 12.1 Å². The van der Waals surface area contributed by atoms with Crippen LogP contribution in [0.2, 0.25) is 0 Å². The van der Waals surface area contributed by atoms with Crippen LogP contribution in [0.1, 0.15) is 16.3 Å². The second-order valence-corrected chi connectivity index (χ2v) is 5.12. The summed E-state index contributed by atoms with van der Waals surface area (Å²) < 4.78 is 0. The summed E-state index contributed by atoms with van der Waals surface area (Å²) in [6.07, 6.45) is 1.97. The van der Waals surface area contributed by atoms with Crippen LogP contribution in [0.5, 0.6) is 0 Å². The summed E-state index contributed by atoms with van der Waals surface area (Å²) in [5.74, 6) is 0.215. The minimum absolute atomic E-state index is 0.0732. The zero-order valence-corrected chi connectivity index (χ0v) is 12.0. The largest absolute Gasteiger partial charge is 0.361 e. The molecule has 23 heavy (non-hydrogen) atoms. The molecular weight excluding hydrogens is 292 g/mol. The Labute approximate surface area is 130 Å². The molecule has 0 aliphatic heterocycles. The molecule has 0 aliphatic carbocycles. The van der Waals surface area contributed by atoms with Gasteiger partial charge >= 0.3 is 0 Å². The number of Topliss-reactive ketones (excluding diaryl/α,β-unsaturated/α-hetero) is 1. The number of nitrogens with one attached hydrogen (secondary N) is 2. The maximum Gasteiger partial charge on any atom is 0.188 e. The molecule has 0 amide bonds. The monoisotopic (exact) mass is 304 g/mol. The lowest BCUT2D eigenvalue weighted by Crippen LogP contribution is -2.07. The molecule has 112 valence electrons. The Morgan fingerprint density at radius 1 is 1.13 bits per heavy atom. The normalized spacial score (nSPS) is 11.0. The van der Waals surface area contributed by atoms with E-state index in [1.165, 1.54) is 0 Å². The number of nitrogens with zero attached hydrogens (tertiary/aromatic N) is 4. The molecular formula is C16H12N6O. The Hall–Kier alpha value is -3.35. The van der Waals surface area contributed by atoms with Crippen LogP contribution in [0, 0.1) is 0 Å². The Balaban J connectivity index is 1.66. The van der Waals surface area contributed by atoms with Crippen LogP contribution in [0.4, 0.5) is 0 Å². The Morgan fingerprint density at radius 3 is 2.96 bits per heavy atom. The molecule has 0 spiro atoms. The predicted octanol–water partition coefficient (Wildman–Crippen LogP) is 2.17. The highest BCUT2D eigenvalue weighted by Gasteiger charge is 2.12. The first-order chi connectivity index (χ1) is 11.3. The lowest BCUT2D eigenvalue weighted by atomic mass is 10.1. The summed E-state index contributed by atoms with van der Waals surface area (Å²) in [7, 11) is 0.